The minimum Gasteiger partial charge on any atom is -0.493 e. The van der Waals surface area contributed by atoms with Crippen LogP contribution in [0.15, 0.2) is 33.5 Å². The van der Waals surface area contributed by atoms with Gasteiger partial charge in [-0.25, -0.2) is 4.79 Å². The summed E-state index contributed by atoms with van der Waals surface area (Å²) < 4.78 is 13.4. The summed E-state index contributed by atoms with van der Waals surface area (Å²) in [6, 6.07) is 5.34. The van der Waals surface area contributed by atoms with Crippen molar-refractivity contribution in [3.8, 4) is 11.5 Å². The zero-order chi connectivity index (χ0) is 21.1. The second-order valence-electron chi connectivity index (χ2n) is 6.79. The molecule has 0 aliphatic carbocycles. The molecule has 3 rings (SSSR count). The highest BCUT2D eigenvalue weighted by Gasteiger charge is 2.32. The molecule has 29 heavy (non-hydrogen) atoms. The zero-order valence-electron chi connectivity index (χ0n) is 17.1. The Balaban J connectivity index is 2.03. The van der Waals surface area contributed by atoms with Crippen LogP contribution in [0.3, 0.4) is 0 Å². The van der Waals surface area contributed by atoms with Crippen molar-refractivity contribution in [1.29, 1.82) is 0 Å². The van der Waals surface area contributed by atoms with Crippen molar-refractivity contribution in [2.45, 2.75) is 33.2 Å². The first-order chi connectivity index (χ1) is 13.9. The second kappa shape index (κ2) is 8.38. The van der Waals surface area contributed by atoms with E-state index in [4.69, 9.17) is 9.47 Å². The Labute approximate surface area is 168 Å². The summed E-state index contributed by atoms with van der Waals surface area (Å²) in [6.45, 7) is 4.92. The molecule has 0 bridgehead atoms. The van der Waals surface area contributed by atoms with Gasteiger partial charge in [0, 0.05) is 13.6 Å². The Kier molecular flexibility index (Phi) is 5.91. The lowest BCUT2D eigenvalue weighted by Gasteiger charge is -2.12. The number of aromatic nitrogens is 2. The van der Waals surface area contributed by atoms with E-state index in [1.807, 2.05) is 13.8 Å². The highest BCUT2D eigenvalue weighted by Crippen LogP contribution is 2.31. The van der Waals surface area contributed by atoms with Crippen LogP contribution in [0.25, 0.3) is 6.08 Å². The van der Waals surface area contributed by atoms with Gasteiger partial charge in [0.15, 0.2) is 11.5 Å². The molecule has 0 atom stereocenters. The molecule has 0 radical (unpaired) electrons. The van der Waals surface area contributed by atoms with Crippen LogP contribution in [0.1, 0.15) is 42.6 Å². The van der Waals surface area contributed by atoms with E-state index in [0.717, 1.165) is 11.0 Å². The Bertz CT molecular complexity index is 1090. The Morgan fingerprint density at radius 1 is 1.10 bits per heavy atom. The highest BCUT2D eigenvalue weighted by molar-refractivity contribution is 6.19. The molecule has 8 heteroatoms. The van der Waals surface area contributed by atoms with Gasteiger partial charge in [0.1, 0.15) is 11.4 Å². The Hall–Kier alpha value is -3.29. The molecule has 8 nitrogen and oxygen atoms in total. The van der Waals surface area contributed by atoms with E-state index >= 15 is 0 Å². The monoisotopic (exact) mass is 399 g/mol. The molecule has 0 saturated heterocycles. The summed E-state index contributed by atoms with van der Waals surface area (Å²) in [4.78, 5) is 37.8. The number of fused-ring (bicyclic) bond motifs is 1. The molecule has 0 saturated carbocycles. The smallest absolute Gasteiger partial charge is 0.332 e. The molecule has 1 aromatic carbocycles. The van der Waals surface area contributed by atoms with E-state index in [2.05, 4.69) is 5.32 Å². The predicted molar refractivity (Wildman–Crippen MR) is 111 cm³/mol. The first kappa shape index (κ1) is 20.4. The van der Waals surface area contributed by atoms with Crippen LogP contribution in [0, 0.1) is 0 Å². The van der Waals surface area contributed by atoms with Gasteiger partial charge in [-0.1, -0.05) is 19.9 Å². The number of carbonyl (C=O) groups excluding carboxylic acids is 1. The number of nitrogens with zero attached hydrogens (tertiary/aromatic N) is 2. The first-order valence-corrected chi connectivity index (χ1v) is 9.61. The average molecular weight is 399 g/mol. The number of nitrogens with one attached hydrogen (secondary N) is 1. The summed E-state index contributed by atoms with van der Waals surface area (Å²) in [7, 11) is 2.93. The molecule has 0 fully saturated rings. The summed E-state index contributed by atoms with van der Waals surface area (Å²) >= 11 is 0. The summed E-state index contributed by atoms with van der Waals surface area (Å²) in [6.07, 6.45) is 3.20. The van der Waals surface area contributed by atoms with Gasteiger partial charge < -0.3 is 14.8 Å². The van der Waals surface area contributed by atoms with Crippen molar-refractivity contribution < 1.29 is 14.3 Å². The van der Waals surface area contributed by atoms with Crippen LogP contribution < -0.4 is 26.0 Å². The van der Waals surface area contributed by atoms with Crippen molar-refractivity contribution in [1.82, 2.24) is 9.13 Å². The molecule has 0 spiro atoms. The van der Waals surface area contributed by atoms with Crippen molar-refractivity contribution in [3.63, 3.8) is 0 Å². The van der Waals surface area contributed by atoms with Crippen molar-refractivity contribution in [2.75, 3.05) is 19.0 Å². The lowest BCUT2D eigenvalue weighted by molar-refractivity contribution is 0.104. The summed E-state index contributed by atoms with van der Waals surface area (Å²) in [5.74, 6) is 0.993. The quantitative estimate of drug-likeness (QED) is 0.719. The number of methoxy groups -OCH3 is 1. The van der Waals surface area contributed by atoms with Gasteiger partial charge in [-0.2, -0.15) is 0 Å². The maximum atomic E-state index is 12.9. The fourth-order valence-electron chi connectivity index (χ4n) is 3.23. The van der Waals surface area contributed by atoms with Crippen LogP contribution in [-0.4, -0.2) is 28.6 Å². The fourth-order valence-corrected chi connectivity index (χ4v) is 3.23. The minimum absolute atomic E-state index is 0.0123. The molecule has 1 N–H and O–H groups in total. The van der Waals surface area contributed by atoms with Crippen molar-refractivity contribution in [3.05, 3.63) is 55.9 Å². The van der Waals surface area contributed by atoms with Crippen molar-refractivity contribution >= 4 is 17.7 Å². The van der Waals surface area contributed by atoms with E-state index < -0.39 is 17.0 Å². The molecular weight excluding hydrogens is 374 g/mol. The molecule has 1 aromatic heterocycles. The molecule has 1 aliphatic heterocycles. The number of allylic oxidation sites excluding steroid dienone is 1. The number of benzene rings is 1. The Morgan fingerprint density at radius 3 is 2.52 bits per heavy atom. The third-order valence-corrected chi connectivity index (χ3v) is 4.68. The van der Waals surface area contributed by atoms with E-state index in [-0.39, 0.29) is 17.1 Å². The first-order valence-electron chi connectivity index (χ1n) is 9.61. The molecule has 2 heterocycles. The van der Waals surface area contributed by atoms with E-state index in [1.54, 1.807) is 31.4 Å². The standard InChI is InChI=1S/C21H25N3O5/c1-5-9-24-19-17(20(26)23(3)21(24)27)18(25)14(22-19)11-13-7-8-15(29-10-6-2)16(12-13)28-4/h7-8,11-12,22H,5-6,9-10H2,1-4H3/b14-11-. The Morgan fingerprint density at radius 2 is 1.86 bits per heavy atom. The third-order valence-electron chi connectivity index (χ3n) is 4.68. The topological polar surface area (TPSA) is 91.6 Å². The maximum Gasteiger partial charge on any atom is 0.332 e. The lowest BCUT2D eigenvalue weighted by atomic mass is 10.1. The van der Waals surface area contributed by atoms with Crippen LogP contribution >= 0.6 is 0 Å². The summed E-state index contributed by atoms with van der Waals surface area (Å²) in [5, 5.41) is 2.97. The summed E-state index contributed by atoms with van der Waals surface area (Å²) in [5.41, 5.74) is -0.121. The number of ketones is 1. The third kappa shape index (κ3) is 3.70. The van der Waals surface area contributed by atoms with Gasteiger partial charge in [0.2, 0.25) is 5.78 Å². The number of ether oxygens (including phenoxy) is 2. The molecular formula is C21H25N3O5. The molecule has 2 aromatic rings. The average Bonchev–Trinajstić information content (AvgIpc) is 3.04. The highest BCUT2D eigenvalue weighted by atomic mass is 16.5. The van der Waals surface area contributed by atoms with Crippen LogP contribution in [0.4, 0.5) is 5.82 Å². The number of anilines is 1. The largest absolute Gasteiger partial charge is 0.493 e. The van der Waals surface area contributed by atoms with Gasteiger partial charge in [0.05, 0.1) is 19.4 Å². The molecule has 154 valence electrons. The van der Waals surface area contributed by atoms with Gasteiger partial charge in [-0.05, 0) is 36.6 Å². The van der Waals surface area contributed by atoms with Gasteiger partial charge in [0.25, 0.3) is 5.56 Å². The zero-order valence-corrected chi connectivity index (χ0v) is 17.1. The van der Waals surface area contributed by atoms with Crippen LogP contribution in [0.5, 0.6) is 11.5 Å². The van der Waals surface area contributed by atoms with E-state index in [1.165, 1.54) is 11.6 Å². The second-order valence-corrected chi connectivity index (χ2v) is 6.79. The normalized spacial score (nSPS) is 14.1. The van der Waals surface area contributed by atoms with Crippen LogP contribution in [-0.2, 0) is 13.6 Å². The predicted octanol–water partition coefficient (Wildman–Crippen LogP) is 2.40. The van der Waals surface area contributed by atoms with E-state index in [9.17, 15) is 14.4 Å². The number of rotatable bonds is 7. The van der Waals surface area contributed by atoms with Crippen molar-refractivity contribution in [2.24, 2.45) is 7.05 Å². The SMILES string of the molecule is CCCOc1ccc(/C=C2\Nc3c(c(=O)n(C)c(=O)n3CCC)C2=O)cc1OC. The number of hydrogen-bond acceptors (Lipinski definition) is 6. The van der Waals surface area contributed by atoms with E-state index in [0.29, 0.717) is 36.6 Å². The van der Waals surface area contributed by atoms with Gasteiger partial charge in [-0.15, -0.1) is 0 Å². The number of Topliss-reactive ketones (excluding diaryl/α,β-unsaturated/α-hetero) is 1. The number of hydrogen-bond donors (Lipinski definition) is 1. The number of carbonyl (C=O) groups is 1. The molecule has 0 unspecified atom stereocenters. The maximum absolute atomic E-state index is 12.9. The minimum atomic E-state index is -0.598. The van der Waals surface area contributed by atoms with Gasteiger partial charge in [-0.3, -0.25) is 18.7 Å². The molecule has 0 amide bonds. The van der Waals surface area contributed by atoms with Gasteiger partial charge >= 0.3 is 5.69 Å². The molecule has 1 aliphatic rings. The fraction of sp³-hybridized carbons (Fsp3) is 0.381. The lowest BCUT2D eigenvalue weighted by Crippen LogP contribution is -2.40. The van der Waals surface area contributed by atoms with Crippen LogP contribution in [0.2, 0.25) is 0 Å².